The van der Waals surface area contributed by atoms with Gasteiger partial charge in [-0.2, -0.15) is 0 Å². The molecule has 0 spiro atoms. The number of benzene rings is 2. The van der Waals surface area contributed by atoms with Crippen molar-refractivity contribution >= 4 is 40.0 Å². The Hall–Kier alpha value is -3.67. The van der Waals surface area contributed by atoms with E-state index < -0.39 is 16.8 Å². The number of H-pyrrole nitrogens is 1. The topological polar surface area (TPSA) is 109 Å². The number of nitrogens with one attached hydrogen (secondary N) is 2. The van der Waals surface area contributed by atoms with E-state index in [4.69, 9.17) is 9.26 Å². The number of hydrogen-bond donors (Lipinski definition) is 2. The summed E-state index contributed by atoms with van der Waals surface area (Å²) in [5, 5.41) is 5.57. The van der Waals surface area contributed by atoms with Crippen LogP contribution in [0.4, 0.5) is 5.00 Å². The molecule has 0 saturated heterocycles. The van der Waals surface area contributed by atoms with Crippen LogP contribution < -0.4 is 15.6 Å². The molecular weight excluding hydrogens is 524 g/mol. The van der Waals surface area contributed by atoms with E-state index in [9.17, 15) is 14.4 Å². The average Bonchev–Trinajstić information content (AvgIpc) is 3.48. The van der Waals surface area contributed by atoms with Crippen LogP contribution in [0.15, 0.2) is 75.0 Å². The lowest BCUT2D eigenvalue weighted by Gasteiger charge is -2.27. The molecule has 196 valence electrons. The number of rotatable bonds is 8. The van der Waals surface area contributed by atoms with Crippen molar-refractivity contribution < 1.29 is 23.5 Å². The summed E-state index contributed by atoms with van der Waals surface area (Å²) in [4.78, 5) is 41.7. The Kier molecular flexibility index (Phi) is 7.77. The normalized spacial score (nSPS) is 14.1. The number of nitrogens with zero attached hydrogens (tertiary/aromatic N) is 2. The van der Waals surface area contributed by atoms with Crippen molar-refractivity contribution in [1.29, 1.82) is 0 Å². The summed E-state index contributed by atoms with van der Waals surface area (Å²) < 4.78 is 11.6. The predicted molar refractivity (Wildman–Crippen MR) is 145 cm³/mol. The second-order valence-corrected chi connectivity index (χ2v) is 11.3. The average molecular weight is 552 g/mol. The van der Waals surface area contributed by atoms with Gasteiger partial charge < -0.3 is 10.1 Å². The van der Waals surface area contributed by atoms with Crippen LogP contribution in [0, 0.1) is 0 Å². The molecule has 1 unspecified atom stereocenters. The number of thiophene rings is 1. The van der Waals surface area contributed by atoms with Crippen molar-refractivity contribution in [3.63, 3.8) is 0 Å². The SMILES string of the molecule is COC(=O)c1c(NC(=O)C(C)Sc2c(=O)o[nH][n+]2-c2ccccc2)sc2c1CCN(Cc1ccccc1)C2. The van der Waals surface area contributed by atoms with Crippen LogP contribution in [0.2, 0.25) is 0 Å². The Balaban J connectivity index is 1.34. The lowest BCUT2D eigenvalue weighted by Crippen LogP contribution is -2.37. The number of anilines is 1. The first-order chi connectivity index (χ1) is 18.4. The summed E-state index contributed by atoms with van der Waals surface area (Å²) in [6, 6.07) is 19.4. The molecule has 38 heavy (non-hydrogen) atoms. The number of amides is 1. The number of carbonyl (C=O) groups is 2. The summed E-state index contributed by atoms with van der Waals surface area (Å²) >= 11 is 2.48. The number of esters is 1. The van der Waals surface area contributed by atoms with Crippen molar-refractivity contribution in [2.75, 3.05) is 19.0 Å². The van der Waals surface area contributed by atoms with Gasteiger partial charge in [-0.05, 0) is 46.2 Å². The number of ether oxygens (including phenoxy) is 1. The molecule has 0 radical (unpaired) electrons. The first-order valence-electron chi connectivity index (χ1n) is 12.1. The third-order valence-electron chi connectivity index (χ3n) is 6.29. The van der Waals surface area contributed by atoms with Crippen LogP contribution in [0.25, 0.3) is 5.69 Å². The lowest BCUT2D eigenvalue weighted by molar-refractivity contribution is -0.704. The quantitative estimate of drug-likeness (QED) is 0.195. The Morgan fingerprint density at radius 3 is 2.61 bits per heavy atom. The molecule has 5 rings (SSSR count). The largest absolute Gasteiger partial charge is 0.465 e. The van der Waals surface area contributed by atoms with Gasteiger partial charge in [0.2, 0.25) is 11.6 Å². The number of methoxy groups -OCH3 is 1. The third kappa shape index (κ3) is 5.45. The van der Waals surface area contributed by atoms with Gasteiger partial charge in [-0.15, -0.1) is 11.3 Å². The van der Waals surface area contributed by atoms with Gasteiger partial charge in [-0.25, -0.2) is 9.59 Å². The lowest BCUT2D eigenvalue weighted by atomic mass is 10.0. The Labute approximate surface area is 227 Å². The van der Waals surface area contributed by atoms with E-state index in [0.29, 0.717) is 29.2 Å². The minimum atomic E-state index is -0.650. The third-order valence-corrected chi connectivity index (χ3v) is 8.56. The minimum Gasteiger partial charge on any atom is -0.465 e. The van der Waals surface area contributed by atoms with E-state index >= 15 is 0 Å². The zero-order valence-electron chi connectivity index (χ0n) is 20.9. The Bertz CT molecular complexity index is 1500. The molecule has 0 aliphatic carbocycles. The molecule has 3 heterocycles. The van der Waals surface area contributed by atoms with Crippen molar-refractivity contribution in [1.82, 2.24) is 10.2 Å². The fourth-order valence-corrected chi connectivity index (χ4v) is 6.55. The van der Waals surface area contributed by atoms with Gasteiger partial charge in [0.15, 0.2) is 0 Å². The maximum atomic E-state index is 13.2. The monoisotopic (exact) mass is 551 g/mol. The Morgan fingerprint density at radius 1 is 1.18 bits per heavy atom. The van der Waals surface area contributed by atoms with Crippen molar-refractivity contribution in [2.45, 2.75) is 36.7 Å². The molecule has 11 heteroatoms. The van der Waals surface area contributed by atoms with Crippen LogP contribution in [-0.4, -0.2) is 41.0 Å². The standard InChI is InChI=1S/C27H26N4O5S2/c1-17(37-25-27(34)36-29-31(25)19-11-7-4-8-12-19)23(32)28-24-22(26(33)35-2)20-13-14-30(16-21(20)38-24)15-18-9-5-3-6-10-18/h3-12,17H,13-16H2,1-2H3,(H-,28,29,32,33,34)/p+1. The van der Waals surface area contributed by atoms with Gasteiger partial charge in [0.05, 0.1) is 17.9 Å². The highest BCUT2D eigenvalue weighted by atomic mass is 32.2. The van der Waals surface area contributed by atoms with Crippen molar-refractivity contribution in [2.24, 2.45) is 0 Å². The van der Waals surface area contributed by atoms with Gasteiger partial charge in [-0.1, -0.05) is 48.5 Å². The zero-order chi connectivity index (χ0) is 26.6. The van der Waals surface area contributed by atoms with Gasteiger partial charge in [0.1, 0.15) is 5.00 Å². The van der Waals surface area contributed by atoms with E-state index in [-0.39, 0.29) is 10.9 Å². The molecule has 2 N–H and O–H groups in total. The summed E-state index contributed by atoms with van der Waals surface area (Å²) in [5.74, 6) is -0.803. The Morgan fingerprint density at radius 2 is 1.89 bits per heavy atom. The van der Waals surface area contributed by atoms with E-state index in [1.807, 2.05) is 48.5 Å². The minimum absolute atomic E-state index is 0.245. The highest BCUT2D eigenvalue weighted by Gasteiger charge is 2.32. The first kappa shape index (κ1) is 26.0. The molecule has 1 aliphatic rings. The van der Waals surface area contributed by atoms with Crippen LogP contribution in [0.1, 0.15) is 33.3 Å². The van der Waals surface area contributed by atoms with Crippen LogP contribution in [0.5, 0.6) is 0 Å². The molecular formula is C27H27N4O5S2+. The molecule has 0 bridgehead atoms. The van der Waals surface area contributed by atoms with E-state index in [1.54, 1.807) is 6.92 Å². The van der Waals surface area contributed by atoms with Crippen molar-refractivity contribution in [3.05, 3.63) is 92.7 Å². The number of thioether (sulfide) groups is 1. The molecule has 2 aromatic carbocycles. The summed E-state index contributed by atoms with van der Waals surface area (Å²) in [6.45, 7) is 3.99. The van der Waals surface area contributed by atoms with E-state index in [1.165, 1.54) is 28.7 Å². The second-order valence-electron chi connectivity index (χ2n) is 8.85. The fraction of sp³-hybridized carbons (Fsp3) is 0.259. The highest BCUT2D eigenvalue weighted by Crippen LogP contribution is 2.38. The van der Waals surface area contributed by atoms with Crippen molar-refractivity contribution in [3.8, 4) is 5.69 Å². The zero-order valence-corrected chi connectivity index (χ0v) is 22.6. The molecule has 1 amide bonds. The fourth-order valence-electron chi connectivity index (χ4n) is 4.38. The first-order valence-corrected chi connectivity index (χ1v) is 13.8. The number of para-hydroxylation sites is 1. The molecule has 0 saturated carbocycles. The number of aromatic amines is 1. The molecule has 1 atom stereocenters. The van der Waals surface area contributed by atoms with E-state index in [0.717, 1.165) is 35.3 Å². The van der Waals surface area contributed by atoms with Gasteiger partial charge in [0, 0.05) is 36.6 Å². The predicted octanol–water partition coefficient (Wildman–Crippen LogP) is 3.77. The summed E-state index contributed by atoms with van der Waals surface area (Å²) in [6.07, 6.45) is 0.685. The van der Waals surface area contributed by atoms with E-state index in [2.05, 4.69) is 27.6 Å². The van der Waals surface area contributed by atoms with Crippen LogP contribution >= 0.6 is 23.1 Å². The van der Waals surface area contributed by atoms with Crippen LogP contribution in [-0.2, 0) is 29.0 Å². The number of hydrogen-bond acceptors (Lipinski definition) is 8. The number of fused-ring (bicyclic) bond motifs is 1. The molecule has 1 aliphatic heterocycles. The number of aromatic nitrogens is 2. The van der Waals surface area contributed by atoms with Gasteiger partial charge in [-0.3, -0.25) is 14.2 Å². The summed E-state index contributed by atoms with van der Waals surface area (Å²) in [7, 11) is 1.34. The molecule has 9 nitrogen and oxygen atoms in total. The summed E-state index contributed by atoms with van der Waals surface area (Å²) in [5.41, 5.74) is 2.70. The molecule has 0 fully saturated rings. The van der Waals surface area contributed by atoms with Crippen LogP contribution in [0.3, 0.4) is 0 Å². The number of carbonyl (C=O) groups excluding carboxylic acids is 2. The molecule has 4 aromatic rings. The van der Waals surface area contributed by atoms with Gasteiger partial charge in [0.25, 0.3) is 0 Å². The van der Waals surface area contributed by atoms with Gasteiger partial charge >= 0.3 is 16.6 Å². The smallest absolute Gasteiger partial charge is 0.442 e. The maximum Gasteiger partial charge on any atom is 0.442 e. The second kappa shape index (κ2) is 11.4. The highest BCUT2D eigenvalue weighted by molar-refractivity contribution is 8.00. The maximum absolute atomic E-state index is 13.2. The molecule has 2 aromatic heterocycles.